The molecule has 0 aromatic heterocycles. The molecule has 1 aliphatic heterocycles. The Morgan fingerprint density at radius 2 is 2.08 bits per heavy atom. The molecule has 0 saturated carbocycles. The molecule has 1 amide bonds. The zero-order chi connectivity index (χ0) is 9.42. The van der Waals surface area contributed by atoms with Gasteiger partial charge in [0.1, 0.15) is 5.75 Å². The van der Waals surface area contributed by atoms with Gasteiger partial charge in [-0.05, 0) is 19.1 Å². The molecule has 3 heteroatoms. The van der Waals surface area contributed by atoms with Crippen molar-refractivity contribution < 1.29 is 9.53 Å². The highest BCUT2D eigenvalue weighted by Crippen LogP contribution is 2.26. The van der Waals surface area contributed by atoms with Crippen LogP contribution < -0.4 is 4.74 Å². The fraction of sp³-hybridized carbons (Fsp3) is 0.300. The lowest BCUT2D eigenvalue weighted by atomic mass is 10.1. The Morgan fingerprint density at radius 3 is 2.85 bits per heavy atom. The van der Waals surface area contributed by atoms with E-state index in [9.17, 15) is 4.79 Å². The number of ether oxygens (including phenoxy) is 1. The Labute approximate surface area is 76.9 Å². The molecule has 3 nitrogen and oxygen atoms in total. The third-order valence-electron chi connectivity index (χ3n) is 2.28. The van der Waals surface area contributed by atoms with E-state index in [-0.39, 0.29) is 12.1 Å². The van der Waals surface area contributed by atoms with Crippen molar-refractivity contribution in [3.63, 3.8) is 0 Å². The fourth-order valence-electron chi connectivity index (χ4n) is 1.36. The van der Waals surface area contributed by atoms with Crippen LogP contribution in [0.1, 0.15) is 17.3 Å². The lowest BCUT2D eigenvalue weighted by Gasteiger charge is -2.31. The highest BCUT2D eigenvalue weighted by atomic mass is 16.5. The smallest absolute Gasteiger partial charge is 0.260 e. The molecule has 0 saturated heterocycles. The number of rotatable bonds is 0. The zero-order valence-corrected chi connectivity index (χ0v) is 7.65. The standard InChI is InChI=1S/C10H11NO2/c1-7-11(2)10(12)8-5-3-4-6-9(8)13-7/h3-7H,1-2H3. The Bertz CT molecular complexity index is 349. The first-order valence-corrected chi connectivity index (χ1v) is 4.23. The van der Waals surface area contributed by atoms with Gasteiger partial charge in [0, 0.05) is 7.05 Å². The normalized spacial score (nSPS) is 20.9. The Balaban J connectivity index is 2.49. The van der Waals surface area contributed by atoms with Gasteiger partial charge in [0.25, 0.3) is 5.91 Å². The minimum absolute atomic E-state index is 0.0225. The van der Waals surface area contributed by atoms with E-state index in [1.54, 1.807) is 18.0 Å². The van der Waals surface area contributed by atoms with Gasteiger partial charge >= 0.3 is 0 Å². The number of nitrogens with zero attached hydrogens (tertiary/aromatic N) is 1. The average molecular weight is 177 g/mol. The zero-order valence-electron chi connectivity index (χ0n) is 7.65. The topological polar surface area (TPSA) is 29.5 Å². The third-order valence-corrected chi connectivity index (χ3v) is 2.28. The van der Waals surface area contributed by atoms with E-state index in [1.165, 1.54) is 0 Å². The minimum atomic E-state index is -0.178. The van der Waals surface area contributed by atoms with Crippen LogP contribution >= 0.6 is 0 Å². The number of para-hydroxylation sites is 1. The minimum Gasteiger partial charge on any atom is -0.470 e. The van der Waals surface area contributed by atoms with Crippen LogP contribution in [0.3, 0.4) is 0 Å². The molecule has 0 spiro atoms. The molecule has 0 radical (unpaired) electrons. The first-order valence-electron chi connectivity index (χ1n) is 4.23. The molecule has 0 fully saturated rings. The molecule has 1 aliphatic rings. The van der Waals surface area contributed by atoms with Gasteiger partial charge in [0.05, 0.1) is 5.56 Å². The van der Waals surface area contributed by atoms with Crippen LogP contribution in [-0.2, 0) is 0 Å². The summed E-state index contributed by atoms with van der Waals surface area (Å²) in [4.78, 5) is 13.3. The maximum Gasteiger partial charge on any atom is 0.260 e. The number of hydrogen-bond donors (Lipinski definition) is 0. The number of fused-ring (bicyclic) bond motifs is 1. The molecule has 0 bridgehead atoms. The third kappa shape index (κ3) is 1.16. The number of carbonyl (C=O) groups excluding carboxylic acids is 1. The first kappa shape index (κ1) is 8.10. The second kappa shape index (κ2) is 2.76. The van der Waals surface area contributed by atoms with Crippen LogP contribution in [0.5, 0.6) is 5.75 Å². The summed E-state index contributed by atoms with van der Waals surface area (Å²) in [6.07, 6.45) is -0.178. The highest BCUT2D eigenvalue weighted by Gasteiger charge is 2.27. The number of amides is 1. The lowest BCUT2D eigenvalue weighted by molar-refractivity contribution is 0.0294. The number of benzene rings is 1. The van der Waals surface area contributed by atoms with Crippen LogP contribution in [0.4, 0.5) is 0 Å². The van der Waals surface area contributed by atoms with E-state index in [0.29, 0.717) is 11.3 Å². The number of hydrogen-bond acceptors (Lipinski definition) is 2. The molecular weight excluding hydrogens is 166 g/mol. The predicted octanol–water partition coefficient (Wildman–Crippen LogP) is 1.50. The van der Waals surface area contributed by atoms with Crippen molar-refractivity contribution in [2.45, 2.75) is 13.2 Å². The number of carbonyl (C=O) groups is 1. The van der Waals surface area contributed by atoms with Gasteiger partial charge in [-0.3, -0.25) is 4.79 Å². The largest absolute Gasteiger partial charge is 0.470 e. The molecular formula is C10H11NO2. The van der Waals surface area contributed by atoms with Gasteiger partial charge in [-0.1, -0.05) is 12.1 Å². The SMILES string of the molecule is CC1Oc2ccccc2C(=O)N1C. The first-order chi connectivity index (χ1) is 6.20. The van der Waals surface area contributed by atoms with Crippen molar-refractivity contribution in [3.8, 4) is 5.75 Å². The van der Waals surface area contributed by atoms with Gasteiger partial charge < -0.3 is 9.64 Å². The summed E-state index contributed by atoms with van der Waals surface area (Å²) < 4.78 is 5.52. The van der Waals surface area contributed by atoms with Crippen molar-refractivity contribution in [2.24, 2.45) is 0 Å². The maximum atomic E-state index is 11.7. The van der Waals surface area contributed by atoms with Crippen molar-refractivity contribution in [2.75, 3.05) is 7.05 Å². The molecule has 1 heterocycles. The summed E-state index contributed by atoms with van der Waals surface area (Å²) in [5, 5.41) is 0. The van der Waals surface area contributed by atoms with Crippen LogP contribution in [0.25, 0.3) is 0 Å². The van der Waals surface area contributed by atoms with Crippen molar-refractivity contribution >= 4 is 5.91 Å². The quantitative estimate of drug-likeness (QED) is 0.601. The van der Waals surface area contributed by atoms with Crippen LogP contribution in [0.2, 0.25) is 0 Å². The maximum absolute atomic E-state index is 11.7. The molecule has 68 valence electrons. The van der Waals surface area contributed by atoms with Crippen molar-refractivity contribution in [3.05, 3.63) is 29.8 Å². The second-order valence-electron chi connectivity index (χ2n) is 3.13. The molecule has 0 aliphatic carbocycles. The van der Waals surface area contributed by atoms with E-state index in [4.69, 9.17) is 4.74 Å². The van der Waals surface area contributed by atoms with E-state index < -0.39 is 0 Å². The summed E-state index contributed by atoms with van der Waals surface area (Å²) in [5.41, 5.74) is 0.642. The molecule has 0 N–H and O–H groups in total. The molecule has 1 aromatic carbocycles. The average Bonchev–Trinajstić information content (AvgIpc) is 2.15. The molecule has 1 aromatic rings. The predicted molar refractivity (Wildman–Crippen MR) is 48.6 cm³/mol. The molecule has 2 rings (SSSR count). The monoisotopic (exact) mass is 177 g/mol. The summed E-state index contributed by atoms with van der Waals surface area (Å²) in [6.45, 7) is 1.86. The Hall–Kier alpha value is -1.51. The second-order valence-corrected chi connectivity index (χ2v) is 3.13. The van der Waals surface area contributed by atoms with Crippen molar-refractivity contribution in [1.29, 1.82) is 0 Å². The Kier molecular flexibility index (Phi) is 1.72. The highest BCUT2D eigenvalue weighted by molar-refractivity contribution is 5.97. The van der Waals surface area contributed by atoms with Gasteiger partial charge in [0.15, 0.2) is 6.23 Å². The lowest BCUT2D eigenvalue weighted by Crippen LogP contribution is -2.42. The van der Waals surface area contributed by atoms with E-state index >= 15 is 0 Å². The van der Waals surface area contributed by atoms with Crippen LogP contribution in [-0.4, -0.2) is 24.1 Å². The van der Waals surface area contributed by atoms with Gasteiger partial charge in [-0.2, -0.15) is 0 Å². The fourth-order valence-corrected chi connectivity index (χ4v) is 1.36. The van der Waals surface area contributed by atoms with Gasteiger partial charge in [0.2, 0.25) is 0 Å². The molecule has 13 heavy (non-hydrogen) atoms. The van der Waals surface area contributed by atoms with Crippen molar-refractivity contribution in [1.82, 2.24) is 4.90 Å². The summed E-state index contributed by atoms with van der Waals surface area (Å²) in [5.74, 6) is 0.701. The van der Waals surface area contributed by atoms with E-state index in [1.807, 2.05) is 25.1 Å². The van der Waals surface area contributed by atoms with E-state index in [0.717, 1.165) is 0 Å². The van der Waals surface area contributed by atoms with Gasteiger partial charge in [-0.15, -0.1) is 0 Å². The van der Waals surface area contributed by atoms with Crippen LogP contribution in [0, 0.1) is 0 Å². The van der Waals surface area contributed by atoms with E-state index in [2.05, 4.69) is 0 Å². The van der Waals surface area contributed by atoms with Crippen LogP contribution in [0.15, 0.2) is 24.3 Å². The molecule has 1 atom stereocenters. The summed E-state index contributed by atoms with van der Waals surface area (Å²) in [6, 6.07) is 7.30. The van der Waals surface area contributed by atoms with Gasteiger partial charge in [-0.25, -0.2) is 0 Å². The molecule has 1 unspecified atom stereocenters. The summed E-state index contributed by atoms with van der Waals surface area (Å²) in [7, 11) is 1.74. The Morgan fingerprint density at radius 1 is 1.38 bits per heavy atom. The summed E-state index contributed by atoms with van der Waals surface area (Å²) >= 11 is 0.